The second-order valence-corrected chi connectivity index (χ2v) is 6.47. The largest absolute Gasteiger partial charge is 0.477 e. The van der Waals surface area contributed by atoms with Crippen LogP contribution in [0, 0.1) is 6.92 Å². The van der Waals surface area contributed by atoms with Gasteiger partial charge in [-0.3, -0.25) is 0 Å². The van der Waals surface area contributed by atoms with Crippen molar-refractivity contribution >= 4 is 39.4 Å². The number of aryl methyl sites for hydroxylation is 1. The van der Waals surface area contributed by atoms with E-state index < -0.39 is 5.97 Å². The summed E-state index contributed by atoms with van der Waals surface area (Å²) in [7, 11) is 0. The summed E-state index contributed by atoms with van der Waals surface area (Å²) >= 11 is 6.32. The minimum absolute atomic E-state index is 0.0842. The van der Waals surface area contributed by atoms with E-state index in [4.69, 9.17) is 11.6 Å². The van der Waals surface area contributed by atoms with Crippen molar-refractivity contribution in [2.75, 3.05) is 0 Å². The Labute approximate surface area is 149 Å². The molecule has 0 bridgehead atoms. The van der Waals surface area contributed by atoms with E-state index >= 15 is 0 Å². The number of hydrogen-bond donors (Lipinski definition) is 2. The maximum Gasteiger partial charge on any atom is 0.354 e. The number of H-pyrrole nitrogens is 1. The summed E-state index contributed by atoms with van der Waals surface area (Å²) in [5, 5.41) is 12.0. The number of pyridine rings is 1. The molecule has 124 valence electrons. The molecular weight excluding hydrogens is 336 g/mol. The Bertz CT molecular complexity index is 1130. The topological polar surface area (TPSA) is 66.0 Å². The average molecular weight is 351 g/mol. The Kier molecular flexibility index (Phi) is 3.70. The predicted molar refractivity (Wildman–Crippen MR) is 99.6 cm³/mol. The van der Waals surface area contributed by atoms with Crippen LogP contribution in [0.3, 0.4) is 0 Å². The molecular formula is C20H15ClN2O2. The summed E-state index contributed by atoms with van der Waals surface area (Å²) in [6, 6.07) is 13.8. The summed E-state index contributed by atoms with van der Waals surface area (Å²) in [4.78, 5) is 18.9. The van der Waals surface area contributed by atoms with Gasteiger partial charge in [0.2, 0.25) is 0 Å². The number of aromatic nitrogens is 2. The van der Waals surface area contributed by atoms with Crippen LogP contribution in [-0.2, 0) is 6.42 Å². The van der Waals surface area contributed by atoms with E-state index in [2.05, 4.69) is 16.0 Å². The lowest BCUT2D eigenvalue weighted by Crippen LogP contribution is -2.03. The highest BCUT2D eigenvalue weighted by atomic mass is 35.5. The maximum absolute atomic E-state index is 11.5. The molecule has 0 aliphatic rings. The van der Waals surface area contributed by atoms with Crippen molar-refractivity contribution in [1.29, 1.82) is 0 Å². The van der Waals surface area contributed by atoms with Crippen molar-refractivity contribution in [2.24, 2.45) is 0 Å². The molecule has 0 saturated carbocycles. The minimum Gasteiger partial charge on any atom is -0.477 e. The molecule has 4 nitrogen and oxygen atoms in total. The van der Waals surface area contributed by atoms with Crippen molar-refractivity contribution in [3.05, 3.63) is 76.1 Å². The van der Waals surface area contributed by atoms with Gasteiger partial charge in [-0.2, -0.15) is 0 Å². The number of aromatic carboxylic acids is 1. The third-order valence-corrected chi connectivity index (χ3v) is 4.90. The van der Waals surface area contributed by atoms with Crippen molar-refractivity contribution < 1.29 is 9.90 Å². The summed E-state index contributed by atoms with van der Waals surface area (Å²) < 4.78 is 0. The first-order valence-electron chi connectivity index (χ1n) is 7.92. The van der Waals surface area contributed by atoms with Crippen LogP contribution < -0.4 is 0 Å². The molecule has 0 aliphatic heterocycles. The summed E-state index contributed by atoms with van der Waals surface area (Å²) in [5.74, 6) is -1.02. The van der Waals surface area contributed by atoms with Crippen LogP contribution in [0.25, 0.3) is 21.8 Å². The average Bonchev–Trinajstić information content (AvgIpc) is 2.97. The molecule has 4 rings (SSSR count). The zero-order chi connectivity index (χ0) is 17.6. The molecule has 2 N–H and O–H groups in total. The van der Waals surface area contributed by atoms with Gasteiger partial charge < -0.3 is 10.1 Å². The maximum atomic E-state index is 11.5. The van der Waals surface area contributed by atoms with E-state index in [1.165, 1.54) is 0 Å². The van der Waals surface area contributed by atoms with Crippen LogP contribution in [0.15, 0.2) is 48.7 Å². The molecule has 4 aromatic rings. The zero-order valence-corrected chi connectivity index (χ0v) is 14.3. The highest BCUT2D eigenvalue weighted by molar-refractivity contribution is 6.31. The normalized spacial score (nSPS) is 11.3. The summed E-state index contributed by atoms with van der Waals surface area (Å²) in [6.07, 6.45) is 2.26. The smallest absolute Gasteiger partial charge is 0.354 e. The first-order chi connectivity index (χ1) is 12.1. The quantitative estimate of drug-likeness (QED) is 0.548. The third-order valence-electron chi connectivity index (χ3n) is 4.53. The molecule has 2 aromatic carbocycles. The van der Waals surface area contributed by atoms with Crippen molar-refractivity contribution in [1.82, 2.24) is 9.97 Å². The fourth-order valence-electron chi connectivity index (χ4n) is 3.38. The first kappa shape index (κ1) is 15.7. The number of nitrogens with one attached hydrogen (secondary N) is 1. The number of hydrogen-bond acceptors (Lipinski definition) is 2. The van der Waals surface area contributed by atoms with Gasteiger partial charge in [-0.15, -0.1) is 0 Å². The van der Waals surface area contributed by atoms with Gasteiger partial charge in [-0.05, 0) is 42.2 Å². The molecule has 25 heavy (non-hydrogen) atoms. The van der Waals surface area contributed by atoms with Crippen LogP contribution in [0.1, 0.15) is 27.2 Å². The number of nitrogens with zero attached hydrogens (tertiary/aromatic N) is 1. The monoisotopic (exact) mass is 350 g/mol. The molecule has 0 amide bonds. The van der Waals surface area contributed by atoms with Gasteiger partial charge in [0.25, 0.3) is 0 Å². The van der Waals surface area contributed by atoms with E-state index in [1.54, 1.807) is 13.1 Å². The van der Waals surface area contributed by atoms with Gasteiger partial charge in [0.15, 0.2) is 5.69 Å². The second kappa shape index (κ2) is 5.90. The number of halogens is 1. The van der Waals surface area contributed by atoms with Gasteiger partial charge in [-0.1, -0.05) is 41.9 Å². The SMILES string of the molecule is Cc1c(C(=O)O)ncc2[nH]c3cccc(Cc4ccccc4Cl)c3c12. The molecule has 5 heteroatoms. The summed E-state index contributed by atoms with van der Waals surface area (Å²) in [6.45, 7) is 1.80. The zero-order valence-electron chi connectivity index (χ0n) is 13.5. The van der Waals surface area contributed by atoms with Crippen molar-refractivity contribution in [2.45, 2.75) is 13.3 Å². The number of aromatic amines is 1. The molecule has 0 atom stereocenters. The Morgan fingerprint density at radius 2 is 1.84 bits per heavy atom. The van der Waals surface area contributed by atoms with Crippen LogP contribution >= 0.6 is 11.6 Å². The van der Waals surface area contributed by atoms with Crippen molar-refractivity contribution in [3.63, 3.8) is 0 Å². The third kappa shape index (κ3) is 2.55. The highest BCUT2D eigenvalue weighted by Gasteiger charge is 2.17. The molecule has 0 unspecified atom stereocenters. The number of carboxylic acids is 1. The van der Waals surface area contributed by atoms with Gasteiger partial charge in [0, 0.05) is 21.3 Å². The second-order valence-electron chi connectivity index (χ2n) is 6.06. The van der Waals surface area contributed by atoms with E-state index in [9.17, 15) is 9.90 Å². The lowest BCUT2D eigenvalue weighted by molar-refractivity contribution is 0.0690. The van der Waals surface area contributed by atoms with Gasteiger partial charge >= 0.3 is 5.97 Å². The number of carboxylic acid groups (broad SMARTS) is 1. The van der Waals surface area contributed by atoms with Crippen LogP contribution in [0.4, 0.5) is 0 Å². The molecule has 0 spiro atoms. The van der Waals surface area contributed by atoms with Gasteiger partial charge in [-0.25, -0.2) is 9.78 Å². The molecule has 2 heterocycles. The van der Waals surface area contributed by atoms with Crippen LogP contribution in [0.5, 0.6) is 0 Å². The fraction of sp³-hybridized carbons (Fsp3) is 0.100. The lowest BCUT2D eigenvalue weighted by Gasteiger charge is -2.08. The first-order valence-corrected chi connectivity index (χ1v) is 8.29. The molecule has 0 radical (unpaired) electrons. The predicted octanol–water partition coefficient (Wildman–Crippen LogP) is 4.97. The van der Waals surface area contributed by atoms with E-state index in [1.807, 2.05) is 36.4 Å². The molecule has 0 fully saturated rings. The molecule has 0 saturated heterocycles. The van der Waals surface area contributed by atoms with Crippen LogP contribution in [0.2, 0.25) is 5.02 Å². The highest BCUT2D eigenvalue weighted by Crippen LogP contribution is 2.33. The van der Waals surface area contributed by atoms with E-state index in [0.29, 0.717) is 12.0 Å². The Morgan fingerprint density at radius 1 is 1.08 bits per heavy atom. The van der Waals surface area contributed by atoms with Crippen LogP contribution in [-0.4, -0.2) is 21.0 Å². The van der Waals surface area contributed by atoms with Gasteiger partial charge in [0.1, 0.15) is 0 Å². The minimum atomic E-state index is -1.02. The standard InChI is InChI=1S/C20H15ClN2O2/c1-11-17-16(10-22-19(11)20(24)25)23-15-8-4-6-13(18(15)17)9-12-5-2-3-7-14(12)21/h2-8,10,23H,9H2,1H3,(H,24,25). The molecule has 0 aliphatic carbocycles. The van der Waals surface area contributed by atoms with Crippen molar-refractivity contribution in [3.8, 4) is 0 Å². The molecule has 2 aromatic heterocycles. The number of rotatable bonds is 3. The Hall–Kier alpha value is -2.85. The van der Waals surface area contributed by atoms with Gasteiger partial charge in [0.05, 0.1) is 11.7 Å². The fourth-order valence-corrected chi connectivity index (χ4v) is 3.58. The van der Waals surface area contributed by atoms with E-state index in [0.717, 1.165) is 38.0 Å². The number of carbonyl (C=O) groups is 1. The lowest BCUT2D eigenvalue weighted by atomic mass is 9.97. The van der Waals surface area contributed by atoms with E-state index in [-0.39, 0.29) is 5.69 Å². The number of benzene rings is 2. The Balaban J connectivity index is 2.01. The Morgan fingerprint density at radius 3 is 2.60 bits per heavy atom. The summed E-state index contributed by atoms with van der Waals surface area (Å²) in [5.41, 5.74) is 4.69. The number of fused-ring (bicyclic) bond motifs is 3.